The third-order valence-corrected chi connectivity index (χ3v) is 3.78. The van der Waals surface area contributed by atoms with E-state index in [1.165, 1.54) is 19.2 Å². The van der Waals surface area contributed by atoms with Crippen LogP contribution in [0.1, 0.15) is 19.8 Å². The van der Waals surface area contributed by atoms with Crippen LogP contribution in [0, 0.1) is 5.92 Å². The summed E-state index contributed by atoms with van der Waals surface area (Å²) in [5.74, 6) is 1.58. The van der Waals surface area contributed by atoms with Crippen LogP contribution < -0.4 is 5.32 Å². The van der Waals surface area contributed by atoms with Gasteiger partial charge >= 0.3 is 0 Å². The predicted octanol–water partition coefficient (Wildman–Crippen LogP) is 3.10. The molecule has 0 aliphatic heterocycles. The van der Waals surface area contributed by atoms with E-state index in [2.05, 4.69) is 38.1 Å². The molecule has 1 aromatic rings. The van der Waals surface area contributed by atoms with E-state index >= 15 is 0 Å². The van der Waals surface area contributed by atoms with Gasteiger partial charge in [0.05, 0.1) is 4.47 Å². The van der Waals surface area contributed by atoms with E-state index in [-0.39, 0.29) is 0 Å². The van der Waals surface area contributed by atoms with Crippen LogP contribution in [0.3, 0.4) is 0 Å². The first-order chi connectivity index (χ1) is 6.72. The number of rotatable bonds is 3. The summed E-state index contributed by atoms with van der Waals surface area (Å²) in [4.78, 5) is 8.01. The third-order valence-electron chi connectivity index (χ3n) is 2.52. The average Bonchev–Trinajstić information content (AvgIpc) is 2.92. The smallest absolute Gasteiger partial charge is 0.148 e. The van der Waals surface area contributed by atoms with Crippen molar-refractivity contribution >= 4 is 33.3 Å². The van der Waals surface area contributed by atoms with Gasteiger partial charge in [-0.15, -0.1) is 0 Å². The fourth-order valence-corrected chi connectivity index (χ4v) is 1.95. The SMILES string of the molecule is CCC1CC1Nc1ncnc(Cl)c1Br. The molecule has 14 heavy (non-hydrogen) atoms. The predicted molar refractivity (Wildman–Crippen MR) is 60.6 cm³/mol. The minimum Gasteiger partial charge on any atom is -0.366 e. The standard InChI is InChI=1S/C9H11BrClN3/c1-2-5-3-6(5)14-9-7(10)8(11)12-4-13-9/h4-6H,2-3H2,1H3,(H,12,13,14). The zero-order chi connectivity index (χ0) is 10.1. The first-order valence-corrected chi connectivity index (χ1v) is 5.82. The Labute approximate surface area is 96.4 Å². The van der Waals surface area contributed by atoms with Crippen molar-refractivity contribution in [2.45, 2.75) is 25.8 Å². The number of halogens is 2. The summed E-state index contributed by atoms with van der Waals surface area (Å²) in [6, 6.07) is 0.558. The van der Waals surface area contributed by atoms with Crippen molar-refractivity contribution in [3.8, 4) is 0 Å². The quantitative estimate of drug-likeness (QED) is 0.862. The molecule has 76 valence electrons. The van der Waals surface area contributed by atoms with Crippen LogP contribution in [0.15, 0.2) is 10.8 Å². The van der Waals surface area contributed by atoms with Crippen LogP contribution in [-0.2, 0) is 0 Å². The molecule has 0 amide bonds. The zero-order valence-corrected chi connectivity index (χ0v) is 10.1. The summed E-state index contributed by atoms with van der Waals surface area (Å²) >= 11 is 9.21. The Morgan fingerprint density at radius 2 is 2.43 bits per heavy atom. The van der Waals surface area contributed by atoms with Gasteiger partial charge in [0.25, 0.3) is 0 Å². The molecule has 0 radical (unpaired) electrons. The summed E-state index contributed by atoms with van der Waals surface area (Å²) < 4.78 is 0.753. The molecule has 2 atom stereocenters. The number of nitrogens with one attached hydrogen (secondary N) is 1. The summed E-state index contributed by atoms with van der Waals surface area (Å²) in [6.45, 7) is 2.20. The Morgan fingerprint density at radius 3 is 3.07 bits per heavy atom. The fraction of sp³-hybridized carbons (Fsp3) is 0.556. The second kappa shape index (κ2) is 4.03. The van der Waals surface area contributed by atoms with Crippen molar-refractivity contribution in [2.24, 2.45) is 5.92 Å². The number of nitrogens with zero attached hydrogens (tertiary/aromatic N) is 2. The number of hydrogen-bond acceptors (Lipinski definition) is 3. The molecule has 0 spiro atoms. The van der Waals surface area contributed by atoms with Gasteiger partial charge < -0.3 is 5.32 Å². The third kappa shape index (κ3) is 2.01. The lowest BCUT2D eigenvalue weighted by Gasteiger charge is -2.06. The summed E-state index contributed by atoms with van der Waals surface area (Å²) in [6.07, 6.45) is 3.91. The molecule has 3 nitrogen and oxygen atoms in total. The summed E-state index contributed by atoms with van der Waals surface area (Å²) in [5, 5.41) is 3.80. The molecule has 2 unspecified atom stereocenters. The van der Waals surface area contributed by atoms with Gasteiger partial charge in [-0.1, -0.05) is 24.9 Å². The molecule has 2 rings (SSSR count). The molecule has 1 aromatic heterocycles. The molecular formula is C9H11BrClN3. The molecule has 0 bridgehead atoms. The van der Waals surface area contributed by atoms with Crippen LogP contribution in [0.5, 0.6) is 0 Å². The van der Waals surface area contributed by atoms with Gasteiger partial charge in [0, 0.05) is 6.04 Å². The van der Waals surface area contributed by atoms with Crippen LogP contribution in [-0.4, -0.2) is 16.0 Å². The molecule has 1 fully saturated rings. The number of anilines is 1. The van der Waals surface area contributed by atoms with Crippen LogP contribution in [0.4, 0.5) is 5.82 Å². The maximum atomic E-state index is 5.85. The Bertz CT molecular complexity index is 345. The van der Waals surface area contributed by atoms with E-state index < -0.39 is 0 Å². The van der Waals surface area contributed by atoms with Gasteiger partial charge in [-0.25, -0.2) is 9.97 Å². The van der Waals surface area contributed by atoms with Gasteiger partial charge in [0.2, 0.25) is 0 Å². The normalized spacial score (nSPS) is 24.8. The molecule has 0 saturated heterocycles. The Hall–Kier alpha value is -0.350. The molecular weight excluding hydrogens is 265 g/mol. The van der Waals surface area contributed by atoms with Crippen LogP contribution in [0.2, 0.25) is 5.15 Å². The maximum Gasteiger partial charge on any atom is 0.148 e. The molecule has 1 heterocycles. The molecule has 1 N–H and O–H groups in total. The summed E-state index contributed by atoms with van der Waals surface area (Å²) in [5.41, 5.74) is 0. The minimum absolute atomic E-state index is 0.455. The number of aromatic nitrogens is 2. The maximum absolute atomic E-state index is 5.85. The van der Waals surface area contributed by atoms with Crippen LogP contribution >= 0.6 is 27.5 Å². The molecule has 1 saturated carbocycles. The Balaban J connectivity index is 2.07. The van der Waals surface area contributed by atoms with Crippen molar-refractivity contribution in [1.29, 1.82) is 0 Å². The van der Waals surface area contributed by atoms with Crippen molar-refractivity contribution < 1.29 is 0 Å². The van der Waals surface area contributed by atoms with Gasteiger partial charge in [-0.05, 0) is 28.3 Å². The van der Waals surface area contributed by atoms with E-state index in [1.807, 2.05) is 0 Å². The second-order valence-corrected chi connectivity index (χ2v) is 4.63. The monoisotopic (exact) mass is 275 g/mol. The zero-order valence-electron chi connectivity index (χ0n) is 7.80. The number of hydrogen-bond donors (Lipinski definition) is 1. The van der Waals surface area contributed by atoms with E-state index in [4.69, 9.17) is 11.6 Å². The lowest BCUT2D eigenvalue weighted by atomic mass is 10.3. The topological polar surface area (TPSA) is 37.8 Å². The van der Waals surface area contributed by atoms with E-state index in [0.29, 0.717) is 11.2 Å². The lowest BCUT2D eigenvalue weighted by molar-refractivity contribution is 0.773. The highest BCUT2D eigenvalue weighted by atomic mass is 79.9. The Kier molecular flexibility index (Phi) is 2.93. The second-order valence-electron chi connectivity index (χ2n) is 3.48. The van der Waals surface area contributed by atoms with E-state index in [0.717, 1.165) is 16.2 Å². The molecule has 1 aliphatic rings. The van der Waals surface area contributed by atoms with Crippen molar-refractivity contribution in [3.05, 3.63) is 16.0 Å². The first-order valence-electron chi connectivity index (χ1n) is 4.65. The summed E-state index contributed by atoms with van der Waals surface area (Å²) in [7, 11) is 0. The largest absolute Gasteiger partial charge is 0.366 e. The fourth-order valence-electron chi connectivity index (χ4n) is 1.50. The minimum atomic E-state index is 0.455. The van der Waals surface area contributed by atoms with E-state index in [9.17, 15) is 0 Å². The van der Waals surface area contributed by atoms with E-state index in [1.54, 1.807) is 0 Å². The molecule has 0 aromatic carbocycles. The molecule has 5 heteroatoms. The lowest BCUT2D eigenvalue weighted by Crippen LogP contribution is -2.07. The van der Waals surface area contributed by atoms with Gasteiger partial charge in [-0.3, -0.25) is 0 Å². The molecule has 1 aliphatic carbocycles. The average molecular weight is 277 g/mol. The van der Waals surface area contributed by atoms with Gasteiger partial charge in [-0.2, -0.15) is 0 Å². The van der Waals surface area contributed by atoms with Gasteiger partial charge in [0.15, 0.2) is 0 Å². The van der Waals surface area contributed by atoms with Crippen molar-refractivity contribution in [2.75, 3.05) is 5.32 Å². The highest BCUT2D eigenvalue weighted by Crippen LogP contribution is 2.37. The van der Waals surface area contributed by atoms with Crippen molar-refractivity contribution in [3.63, 3.8) is 0 Å². The highest BCUT2D eigenvalue weighted by molar-refractivity contribution is 9.10. The first kappa shape index (κ1) is 10.2. The van der Waals surface area contributed by atoms with Crippen LogP contribution in [0.25, 0.3) is 0 Å². The van der Waals surface area contributed by atoms with Gasteiger partial charge in [0.1, 0.15) is 17.3 Å². The van der Waals surface area contributed by atoms with Crippen molar-refractivity contribution in [1.82, 2.24) is 9.97 Å². The Morgan fingerprint density at radius 1 is 1.64 bits per heavy atom. The highest BCUT2D eigenvalue weighted by Gasteiger charge is 2.35.